The van der Waals surface area contributed by atoms with Crippen LogP contribution < -0.4 is 9.47 Å². The number of ether oxygens (including phenoxy) is 2. The first-order chi connectivity index (χ1) is 13.0. The van der Waals surface area contributed by atoms with Crippen LogP contribution in [0.15, 0.2) is 64.8 Å². The van der Waals surface area contributed by atoms with Crippen LogP contribution in [0.4, 0.5) is 0 Å². The molecule has 0 unspecified atom stereocenters. The molecule has 0 fully saturated rings. The molecule has 27 heavy (non-hydrogen) atoms. The largest absolute Gasteiger partial charge is 0.462 e. The van der Waals surface area contributed by atoms with E-state index in [2.05, 4.69) is 0 Å². The number of allylic oxidation sites excluding steroid dienone is 1. The third kappa shape index (κ3) is 3.15. The molecule has 4 rings (SSSR count). The van der Waals surface area contributed by atoms with Crippen molar-refractivity contribution in [3.05, 3.63) is 88.6 Å². The van der Waals surface area contributed by atoms with Crippen molar-refractivity contribution in [3.8, 4) is 11.5 Å². The molecule has 5 nitrogen and oxygen atoms in total. The van der Waals surface area contributed by atoms with E-state index in [9.17, 15) is 9.59 Å². The van der Waals surface area contributed by atoms with Gasteiger partial charge in [-0.1, -0.05) is 18.2 Å². The number of furan rings is 1. The van der Waals surface area contributed by atoms with Gasteiger partial charge in [-0.2, -0.15) is 0 Å². The van der Waals surface area contributed by atoms with Gasteiger partial charge in [0.2, 0.25) is 5.78 Å². The number of fused-ring (bicyclic) bond motifs is 1. The average molecular weight is 360 g/mol. The van der Waals surface area contributed by atoms with Crippen molar-refractivity contribution in [2.45, 2.75) is 13.8 Å². The van der Waals surface area contributed by atoms with Gasteiger partial charge in [0.1, 0.15) is 23.0 Å². The second-order valence-electron chi connectivity index (χ2n) is 6.21. The molecule has 0 bridgehead atoms. The molecule has 1 aliphatic rings. The minimum atomic E-state index is -0.468. The minimum Gasteiger partial charge on any atom is -0.462 e. The molecule has 0 spiro atoms. The Kier molecular flexibility index (Phi) is 4.12. The maximum absolute atomic E-state index is 12.6. The minimum absolute atomic E-state index is 0.175. The zero-order chi connectivity index (χ0) is 19.0. The van der Waals surface area contributed by atoms with E-state index in [1.165, 1.54) is 0 Å². The second kappa shape index (κ2) is 6.61. The smallest absolute Gasteiger partial charge is 0.343 e. The highest BCUT2D eigenvalue weighted by atomic mass is 16.5. The Labute approximate surface area is 155 Å². The summed E-state index contributed by atoms with van der Waals surface area (Å²) in [6.07, 6.45) is 1.56. The first kappa shape index (κ1) is 16.8. The number of ketones is 1. The number of benzene rings is 2. The summed E-state index contributed by atoms with van der Waals surface area (Å²) in [6, 6.07) is 15.5. The molecule has 0 radical (unpaired) electrons. The fraction of sp³-hybridized carbons (Fsp3) is 0.0909. The fourth-order valence-corrected chi connectivity index (χ4v) is 2.87. The standard InChI is InChI=1S/C22H16O5/c1-13-8-9-16(25-13)12-19-20(23)17-10-11-18(14(2)21(17)26-19)27-22(24)15-6-4-3-5-7-15/h3-12H,1-2H3/b19-12-. The monoisotopic (exact) mass is 360 g/mol. The molecule has 5 heteroatoms. The lowest BCUT2D eigenvalue weighted by Crippen LogP contribution is -2.09. The Morgan fingerprint density at radius 1 is 1.00 bits per heavy atom. The van der Waals surface area contributed by atoms with E-state index in [0.29, 0.717) is 33.9 Å². The van der Waals surface area contributed by atoms with Crippen molar-refractivity contribution in [1.29, 1.82) is 0 Å². The Morgan fingerprint density at radius 3 is 2.48 bits per heavy atom. The molecule has 134 valence electrons. The van der Waals surface area contributed by atoms with E-state index in [0.717, 1.165) is 5.76 Å². The van der Waals surface area contributed by atoms with Crippen molar-refractivity contribution in [2.24, 2.45) is 0 Å². The summed E-state index contributed by atoms with van der Waals surface area (Å²) in [5.74, 6) is 1.51. The molecular weight excluding hydrogens is 344 g/mol. The molecule has 2 heterocycles. The van der Waals surface area contributed by atoms with E-state index in [1.807, 2.05) is 19.1 Å². The van der Waals surface area contributed by atoms with Gasteiger partial charge in [0, 0.05) is 11.6 Å². The highest BCUT2D eigenvalue weighted by Crippen LogP contribution is 2.39. The lowest BCUT2D eigenvalue weighted by Gasteiger charge is -2.10. The summed E-state index contributed by atoms with van der Waals surface area (Å²) in [4.78, 5) is 24.9. The van der Waals surface area contributed by atoms with Crippen LogP contribution in [0.3, 0.4) is 0 Å². The van der Waals surface area contributed by atoms with Crippen LogP contribution in [0.5, 0.6) is 11.5 Å². The van der Waals surface area contributed by atoms with Crippen molar-refractivity contribution in [2.75, 3.05) is 0 Å². The molecule has 0 saturated heterocycles. The van der Waals surface area contributed by atoms with E-state index >= 15 is 0 Å². The number of Topliss-reactive ketones (excluding diaryl/α,β-unsaturated/α-hetero) is 1. The summed E-state index contributed by atoms with van der Waals surface area (Å²) >= 11 is 0. The van der Waals surface area contributed by atoms with E-state index in [1.54, 1.807) is 55.5 Å². The first-order valence-electron chi connectivity index (χ1n) is 8.44. The van der Waals surface area contributed by atoms with Gasteiger partial charge in [-0.15, -0.1) is 0 Å². The molecule has 1 aromatic heterocycles. The summed E-state index contributed by atoms with van der Waals surface area (Å²) in [5, 5.41) is 0. The van der Waals surface area contributed by atoms with Crippen LogP contribution in [0, 0.1) is 13.8 Å². The Balaban J connectivity index is 1.62. The number of hydrogen-bond donors (Lipinski definition) is 0. The Bertz CT molecular complexity index is 1070. The normalized spacial score (nSPS) is 14.1. The number of hydrogen-bond acceptors (Lipinski definition) is 5. The zero-order valence-corrected chi connectivity index (χ0v) is 14.8. The van der Waals surface area contributed by atoms with Crippen molar-refractivity contribution >= 4 is 17.8 Å². The molecule has 0 amide bonds. The third-order valence-corrected chi connectivity index (χ3v) is 4.28. The topological polar surface area (TPSA) is 65.7 Å². The van der Waals surface area contributed by atoms with Gasteiger partial charge in [0.15, 0.2) is 5.76 Å². The average Bonchev–Trinajstić information content (AvgIpc) is 3.22. The molecule has 2 aromatic carbocycles. The summed E-state index contributed by atoms with van der Waals surface area (Å²) in [6.45, 7) is 3.57. The summed E-state index contributed by atoms with van der Waals surface area (Å²) in [5.41, 5.74) is 1.47. The number of carbonyl (C=O) groups excluding carboxylic acids is 2. The number of carbonyl (C=O) groups is 2. The summed E-state index contributed by atoms with van der Waals surface area (Å²) in [7, 11) is 0. The number of esters is 1. The van der Waals surface area contributed by atoms with E-state index in [-0.39, 0.29) is 11.5 Å². The highest BCUT2D eigenvalue weighted by Gasteiger charge is 2.31. The molecule has 0 atom stereocenters. The second-order valence-corrected chi connectivity index (χ2v) is 6.21. The fourth-order valence-electron chi connectivity index (χ4n) is 2.87. The van der Waals surface area contributed by atoms with Gasteiger partial charge >= 0.3 is 5.97 Å². The SMILES string of the molecule is Cc1ccc(/C=C2\Oc3c(ccc(OC(=O)c4ccccc4)c3C)C2=O)o1. The quantitative estimate of drug-likeness (QED) is 0.384. The van der Waals surface area contributed by atoms with Gasteiger partial charge < -0.3 is 13.9 Å². The van der Waals surface area contributed by atoms with E-state index in [4.69, 9.17) is 13.9 Å². The van der Waals surface area contributed by atoms with Crippen LogP contribution >= 0.6 is 0 Å². The lowest BCUT2D eigenvalue weighted by atomic mass is 10.1. The van der Waals surface area contributed by atoms with Gasteiger partial charge in [-0.05, 0) is 50.2 Å². The molecule has 0 aliphatic carbocycles. The summed E-state index contributed by atoms with van der Waals surface area (Å²) < 4.78 is 16.7. The predicted molar refractivity (Wildman–Crippen MR) is 99.0 cm³/mol. The first-order valence-corrected chi connectivity index (χ1v) is 8.44. The molecule has 0 saturated carbocycles. The highest BCUT2D eigenvalue weighted by molar-refractivity contribution is 6.14. The third-order valence-electron chi connectivity index (χ3n) is 4.28. The van der Waals surface area contributed by atoms with Gasteiger partial charge in [-0.3, -0.25) is 4.79 Å². The van der Waals surface area contributed by atoms with Crippen molar-refractivity contribution in [3.63, 3.8) is 0 Å². The van der Waals surface area contributed by atoms with Crippen LogP contribution in [0.2, 0.25) is 0 Å². The lowest BCUT2D eigenvalue weighted by molar-refractivity contribution is 0.0733. The maximum Gasteiger partial charge on any atom is 0.343 e. The van der Waals surface area contributed by atoms with Crippen LogP contribution in [0.1, 0.15) is 37.8 Å². The molecule has 0 N–H and O–H groups in total. The molecule has 3 aromatic rings. The van der Waals surface area contributed by atoms with Gasteiger partial charge in [0.25, 0.3) is 0 Å². The van der Waals surface area contributed by atoms with E-state index < -0.39 is 5.97 Å². The zero-order valence-electron chi connectivity index (χ0n) is 14.8. The number of aryl methyl sites for hydroxylation is 1. The Morgan fingerprint density at radius 2 is 1.78 bits per heavy atom. The molecule has 1 aliphatic heterocycles. The van der Waals surface area contributed by atoms with Crippen LogP contribution in [-0.4, -0.2) is 11.8 Å². The van der Waals surface area contributed by atoms with Crippen LogP contribution in [-0.2, 0) is 0 Å². The molecular formula is C22H16O5. The van der Waals surface area contributed by atoms with Crippen LogP contribution in [0.25, 0.3) is 6.08 Å². The van der Waals surface area contributed by atoms with Gasteiger partial charge in [-0.25, -0.2) is 4.79 Å². The number of rotatable bonds is 3. The predicted octanol–water partition coefficient (Wildman–Crippen LogP) is 4.73. The van der Waals surface area contributed by atoms with Crippen molar-refractivity contribution < 1.29 is 23.5 Å². The Hall–Kier alpha value is -3.60. The van der Waals surface area contributed by atoms with Gasteiger partial charge in [0.05, 0.1) is 11.1 Å². The van der Waals surface area contributed by atoms with Crippen molar-refractivity contribution in [1.82, 2.24) is 0 Å². The maximum atomic E-state index is 12.6.